The predicted octanol–water partition coefficient (Wildman–Crippen LogP) is 4.23. The van der Waals surface area contributed by atoms with Crippen molar-refractivity contribution >= 4 is 34.2 Å². The van der Waals surface area contributed by atoms with Gasteiger partial charge in [-0.25, -0.2) is 4.98 Å². The van der Waals surface area contributed by atoms with Crippen LogP contribution in [0.1, 0.15) is 17.0 Å². The number of thiophene rings is 1. The van der Waals surface area contributed by atoms with Crippen LogP contribution in [0.25, 0.3) is 17.0 Å². The summed E-state index contributed by atoms with van der Waals surface area (Å²) in [6, 6.07) is 18.9. The Hall–Kier alpha value is -3.51. The number of hydrogen-bond acceptors (Lipinski definition) is 4. The van der Waals surface area contributed by atoms with Crippen LogP contribution >= 0.6 is 11.3 Å². The lowest BCUT2D eigenvalue weighted by Gasteiger charge is -2.21. The van der Waals surface area contributed by atoms with E-state index in [1.165, 1.54) is 0 Å². The molecule has 0 aliphatic rings. The van der Waals surface area contributed by atoms with E-state index in [2.05, 4.69) is 9.97 Å². The standard InChI is InChI=1S/C23H19N3O2S/c27-22(11-10-18-12-13-29-16-18)26(14-17-6-2-1-3-7-17)15-21-24-20-9-5-4-8-19(20)23(28)25-21/h1-13,16H,14-15H2,(H,24,25,28). The van der Waals surface area contributed by atoms with Gasteiger partial charge in [0.1, 0.15) is 5.82 Å². The Bertz CT molecular complexity index is 1200. The van der Waals surface area contributed by atoms with Crippen molar-refractivity contribution in [1.29, 1.82) is 0 Å². The van der Waals surface area contributed by atoms with Crippen LogP contribution in [0.3, 0.4) is 0 Å². The third-order valence-electron chi connectivity index (χ3n) is 4.49. The molecule has 0 radical (unpaired) electrons. The molecule has 0 aliphatic carbocycles. The van der Waals surface area contributed by atoms with Gasteiger partial charge in [-0.3, -0.25) is 9.59 Å². The topological polar surface area (TPSA) is 66.1 Å². The Morgan fingerprint density at radius 1 is 1.03 bits per heavy atom. The Morgan fingerprint density at radius 2 is 1.83 bits per heavy atom. The minimum atomic E-state index is -0.202. The zero-order valence-corrected chi connectivity index (χ0v) is 16.4. The number of aromatic nitrogens is 2. The fraction of sp³-hybridized carbons (Fsp3) is 0.0870. The van der Waals surface area contributed by atoms with E-state index in [1.807, 2.05) is 53.2 Å². The van der Waals surface area contributed by atoms with Crippen LogP contribution in [0.15, 0.2) is 82.3 Å². The van der Waals surface area contributed by atoms with Gasteiger partial charge in [0.05, 0.1) is 17.4 Å². The lowest BCUT2D eigenvalue weighted by Crippen LogP contribution is -2.30. The quantitative estimate of drug-likeness (QED) is 0.492. The number of hydrogen-bond donors (Lipinski definition) is 1. The lowest BCUT2D eigenvalue weighted by molar-refractivity contribution is -0.127. The molecule has 2 aromatic heterocycles. The lowest BCUT2D eigenvalue weighted by atomic mass is 10.2. The smallest absolute Gasteiger partial charge is 0.258 e. The molecule has 2 aromatic carbocycles. The summed E-state index contributed by atoms with van der Waals surface area (Å²) in [6.45, 7) is 0.631. The van der Waals surface area contributed by atoms with Crippen LogP contribution < -0.4 is 5.56 Å². The summed E-state index contributed by atoms with van der Waals surface area (Å²) in [6.07, 6.45) is 3.36. The first-order chi connectivity index (χ1) is 14.2. The maximum atomic E-state index is 12.9. The van der Waals surface area contributed by atoms with Crippen LogP contribution in [0.4, 0.5) is 0 Å². The van der Waals surface area contributed by atoms with Crippen molar-refractivity contribution in [3.05, 3.63) is 105 Å². The molecule has 0 atom stereocenters. The molecule has 4 rings (SSSR count). The second-order valence-corrected chi connectivity index (χ2v) is 7.38. The van der Waals surface area contributed by atoms with E-state index in [4.69, 9.17) is 0 Å². The summed E-state index contributed by atoms with van der Waals surface area (Å²) in [5, 5.41) is 4.48. The van der Waals surface area contributed by atoms with E-state index >= 15 is 0 Å². The summed E-state index contributed by atoms with van der Waals surface area (Å²) in [4.78, 5) is 34.3. The summed E-state index contributed by atoms with van der Waals surface area (Å²) in [7, 11) is 0. The number of H-pyrrole nitrogens is 1. The molecule has 0 spiro atoms. The zero-order valence-electron chi connectivity index (χ0n) is 15.6. The first-order valence-corrected chi connectivity index (χ1v) is 10.1. The highest BCUT2D eigenvalue weighted by Crippen LogP contribution is 2.13. The minimum Gasteiger partial charge on any atom is -0.327 e. The van der Waals surface area contributed by atoms with E-state index in [-0.39, 0.29) is 18.0 Å². The van der Waals surface area contributed by atoms with Crippen molar-refractivity contribution in [2.45, 2.75) is 13.1 Å². The number of nitrogens with zero attached hydrogens (tertiary/aromatic N) is 2. The summed E-state index contributed by atoms with van der Waals surface area (Å²) < 4.78 is 0. The Balaban J connectivity index is 1.62. The number of aromatic amines is 1. The van der Waals surface area contributed by atoms with Crippen molar-refractivity contribution in [3.63, 3.8) is 0 Å². The molecule has 0 saturated carbocycles. The van der Waals surface area contributed by atoms with Gasteiger partial charge in [-0.15, -0.1) is 0 Å². The van der Waals surface area contributed by atoms with E-state index in [1.54, 1.807) is 46.6 Å². The number of carbonyl (C=O) groups excluding carboxylic acids is 1. The molecule has 2 heterocycles. The maximum absolute atomic E-state index is 12.9. The van der Waals surface area contributed by atoms with Crippen LogP contribution in [0.2, 0.25) is 0 Å². The fourth-order valence-electron chi connectivity index (χ4n) is 3.05. The summed E-state index contributed by atoms with van der Waals surface area (Å²) >= 11 is 1.58. The number of fused-ring (bicyclic) bond motifs is 1. The van der Waals surface area contributed by atoms with Gasteiger partial charge in [0.15, 0.2) is 0 Å². The molecule has 6 heteroatoms. The molecule has 4 aromatic rings. The molecular weight excluding hydrogens is 382 g/mol. The number of amides is 1. The highest BCUT2D eigenvalue weighted by Gasteiger charge is 2.14. The Kier molecular flexibility index (Phi) is 5.63. The SMILES string of the molecule is O=C(C=Cc1ccsc1)N(Cc1ccccc1)Cc1nc2ccccc2c(=O)[nH]1. The van der Waals surface area contributed by atoms with E-state index in [0.29, 0.717) is 23.3 Å². The number of benzene rings is 2. The fourth-order valence-corrected chi connectivity index (χ4v) is 3.68. The maximum Gasteiger partial charge on any atom is 0.258 e. The average Bonchev–Trinajstić information content (AvgIpc) is 3.26. The predicted molar refractivity (Wildman–Crippen MR) is 116 cm³/mol. The molecule has 0 bridgehead atoms. The van der Waals surface area contributed by atoms with Gasteiger partial charge in [-0.05, 0) is 46.2 Å². The monoisotopic (exact) mass is 401 g/mol. The van der Waals surface area contributed by atoms with Gasteiger partial charge in [0.2, 0.25) is 5.91 Å². The number of rotatable bonds is 6. The number of para-hydroxylation sites is 1. The molecule has 1 amide bonds. The van der Waals surface area contributed by atoms with Gasteiger partial charge in [0.25, 0.3) is 5.56 Å². The summed E-state index contributed by atoms with van der Waals surface area (Å²) in [5.41, 5.74) is 2.41. The highest BCUT2D eigenvalue weighted by atomic mass is 32.1. The van der Waals surface area contributed by atoms with Crippen molar-refractivity contribution in [2.75, 3.05) is 0 Å². The van der Waals surface area contributed by atoms with Crippen LogP contribution in [0.5, 0.6) is 0 Å². The first kappa shape index (κ1) is 18.8. The Labute approximate surface area is 172 Å². The van der Waals surface area contributed by atoms with Crippen molar-refractivity contribution in [3.8, 4) is 0 Å². The molecular formula is C23H19N3O2S. The third kappa shape index (κ3) is 4.67. The van der Waals surface area contributed by atoms with Crippen molar-refractivity contribution < 1.29 is 4.79 Å². The minimum absolute atomic E-state index is 0.143. The molecule has 0 unspecified atom stereocenters. The molecule has 1 N–H and O–H groups in total. The van der Waals surface area contributed by atoms with Crippen LogP contribution in [0, 0.1) is 0 Å². The van der Waals surface area contributed by atoms with Crippen molar-refractivity contribution in [1.82, 2.24) is 14.9 Å². The molecule has 5 nitrogen and oxygen atoms in total. The second-order valence-electron chi connectivity index (χ2n) is 6.60. The van der Waals surface area contributed by atoms with E-state index < -0.39 is 0 Å². The molecule has 0 saturated heterocycles. The van der Waals surface area contributed by atoms with Gasteiger partial charge in [-0.1, -0.05) is 42.5 Å². The van der Waals surface area contributed by atoms with Gasteiger partial charge in [0, 0.05) is 12.6 Å². The first-order valence-electron chi connectivity index (χ1n) is 9.20. The van der Waals surface area contributed by atoms with E-state index in [9.17, 15) is 9.59 Å². The second kappa shape index (κ2) is 8.67. The zero-order chi connectivity index (χ0) is 20.1. The molecule has 0 fully saturated rings. The van der Waals surface area contributed by atoms with Crippen LogP contribution in [-0.2, 0) is 17.9 Å². The summed E-state index contributed by atoms with van der Waals surface area (Å²) in [5.74, 6) is 0.317. The number of nitrogens with one attached hydrogen (secondary N) is 1. The van der Waals surface area contributed by atoms with Crippen LogP contribution in [-0.4, -0.2) is 20.8 Å². The van der Waals surface area contributed by atoms with Gasteiger partial charge in [-0.2, -0.15) is 11.3 Å². The Morgan fingerprint density at radius 3 is 2.62 bits per heavy atom. The van der Waals surface area contributed by atoms with E-state index in [0.717, 1.165) is 11.1 Å². The normalized spacial score (nSPS) is 11.2. The highest BCUT2D eigenvalue weighted by molar-refractivity contribution is 7.08. The molecule has 144 valence electrons. The number of carbonyl (C=O) groups is 1. The van der Waals surface area contributed by atoms with Crippen molar-refractivity contribution in [2.24, 2.45) is 0 Å². The largest absolute Gasteiger partial charge is 0.327 e. The van der Waals surface area contributed by atoms with Gasteiger partial charge >= 0.3 is 0 Å². The molecule has 29 heavy (non-hydrogen) atoms. The van der Waals surface area contributed by atoms with Gasteiger partial charge < -0.3 is 9.88 Å². The average molecular weight is 401 g/mol. The molecule has 0 aliphatic heterocycles. The third-order valence-corrected chi connectivity index (χ3v) is 5.19.